The van der Waals surface area contributed by atoms with Gasteiger partial charge in [0.25, 0.3) is 11.1 Å². The first kappa shape index (κ1) is 15.3. The Bertz CT molecular complexity index is 784. The van der Waals surface area contributed by atoms with E-state index in [2.05, 4.69) is 0 Å². The highest BCUT2D eigenvalue weighted by Gasteiger charge is 2.31. The molecule has 4 nitrogen and oxygen atoms in total. The van der Waals surface area contributed by atoms with E-state index >= 15 is 0 Å². The normalized spacial score (nSPS) is 16.3. The maximum atomic E-state index is 12.8. The smallest absolute Gasteiger partial charge is 0.293 e. The number of rotatable bonds is 3. The molecule has 1 heterocycles. The van der Waals surface area contributed by atoms with E-state index in [-0.39, 0.29) is 17.0 Å². The Morgan fingerprint density at radius 1 is 1.00 bits per heavy atom. The molecular weight excluding hydrogens is 317 g/mol. The van der Waals surface area contributed by atoms with Gasteiger partial charge in [0, 0.05) is 7.05 Å². The summed E-state index contributed by atoms with van der Waals surface area (Å²) in [5.74, 6) is 0.507. The molecule has 3 rings (SSSR count). The van der Waals surface area contributed by atoms with Crippen LogP contribution in [0.5, 0.6) is 11.5 Å². The Morgan fingerprint density at radius 2 is 1.57 bits per heavy atom. The third kappa shape index (κ3) is 3.43. The van der Waals surface area contributed by atoms with E-state index in [1.807, 2.05) is 0 Å². The molecule has 1 saturated heterocycles. The molecule has 6 heteroatoms. The van der Waals surface area contributed by atoms with Crippen molar-refractivity contribution in [2.45, 2.75) is 0 Å². The van der Waals surface area contributed by atoms with Crippen molar-refractivity contribution in [2.24, 2.45) is 0 Å². The second-order valence-electron chi connectivity index (χ2n) is 4.87. The van der Waals surface area contributed by atoms with Crippen molar-refractivity contribution in [1.29, 1.82) is 0 Å². The van der Waals surface area contributed by atoms with Crippen LogP contribution in [0.3, 0.4) is 0 Å². The predicted molar refractivity (Wildman–Crippen MR) is 86.7 cm³/mol. The first-order valence-electron chi connectivity index (χ1n) is 6.78. The summed E-state index contributed by atoms with van der Waals surface area (Å²) in [6.07, 6.45) is 1.66. The fourth-order valence-electron chi connectivity index (χ4n) is 1.97. The van der Waals surface area contributed by atoms with Gasteiger partial charge in [-0.05, 0) is 59.8 Å². The summed E-state index contributed by atoms with van der Waals surface area (Å²) in [6, 6.07) is 12.8. The first-order valence-corrected chi connectivity index (χ1v) is 7.59. The molecule has 2 aromatic carbocycles. The van der Waals surface area contributed by atoms with E-state index < -0.39 is 0 Å². The highest BCUT2D eigenvalue weighted by Crippen LogP contribution is 2.31. The lowest BCUT2D eigenvalue weighted by atomic mass is 10.2. The summed E-state index contributed by atoms with van der Waals surface area (Å²) < 4.78 is 18.4. The Morgan fingerprint density at radius 3 is 2.09 bits per heavy atom. The summed E-state index contributed by atoms with van der Waals surface area (Å²) in [5, 5.41) is -0.280. The number of carbonyl (C=O) groups is 2. The molecule has 0 aliphatic carbocycles. The SMILES string of the molecule is CN1C(=O)S/C(=C\c2ccc(Oc3ccc(F)cc3)cc2)C1=O. The lowest BCUT2D eigenvalue weighted by molar-refractivity contribution is -0.121. The van der Waals surface area contributed by atoms with Crippen LogP contribution in [0.15, 0.2) is 53.4 Å². The number of imide groups is 1. The number of halogens is 1. The van der Waals surface area contributed by atoms with Gasteiger partial charge >= 0.3 is 0 Å². The largest absolute Gasteiger partial charge is 0.457 e. The number of amides is 2. The van der Waals surface area contributed by atoms with Crippen molar-refractivity contribution in [3.63, 3.8) is 0 Å². The van der Waals surface area contributed by atoms with Crippen molar-refractivity contribution in [2.75, 3.05) is 7.05 Å². The zero-order chi connectivity index (χ0) is 16.4. The van der Waals surface area contributed by atoms with Gasteiger partial charge in [0.15, 0.2) is 0 Å². The minimum Gasteiger partial charge on any atom is -0.457 e. The Hall–Kier alpha value is -2.60. The van der Waals surface area contributed by atoms with Gasteiger partial charge in [-0.3, -0.25) is 14.5 Å². The van der Waals surface area contributed by atoms with Crippen molar-refractivity contribution >= 4 is 29.0 Å². The van der Waals surface area contributed by atoms with Crippen molar-refractivity contribution in [3.8, 4) is 11.5 Å². The number of likely N-dealkylation sites (N-methyl/N-ethyl adjacent to an activating group) is 1. The van der Waals surface area contributed by atoms with Crippen LogP contribution in [0, 0.1) is 5.82 Å². The van der Waals surface area contributed by atoms with Crippen molar-refractivity contribution < 1.29 is 18.7 Å². The van der Waals surface area contributed by atoms with E-state index in [0.29, 0.717) is 16.4 Å². The van der Waals surface area contributed by atoms with Crippen LogP contribution in [0.1, 0.15) is 5.56 Å². The lowest BCUT2D eigenvalue weighted by Gasteiger charge is -2.06. The summed E-state index contributed by atoms with van der Waals surface area (Å²) in [6.45, 7) is 0. The van der Waals surface area contributed by atoms with Crippen LogP contribution in [0.4, 0.5) is 9.18 Å². The number of nitrogens with zero attached hydrogens (tertiary/aromatic N) is 1. The van der Waals surface area contributed by atoms with Gasteiger partial charge in [0.05, 0.1) is 4.91 Å². The molecule has 0 unspecified atom stereocenters. The van der Waals surface area contributed by atoms with Crippen molar-refractivity contribution in [3.05, 3.63) is 64.8 Å². The van der Waals surface area contributed by atoms with Gasteiger partial charge in [-0.15, -0.1) is 0 Å². The van der Waals surface area contributed by atoms with Gasteiger partial charge in [-0.2, -0.15) is 0 Å². The first-order chi connectivity index (χ1) is 11.0. The summed E-state index contributed by atoms with van der Waals surface area (Å²) >= 11 is 0.917. The molecule has 2 amide bonds. The Balaban J connectivity index is 1.74. The van der Waals surface area contributed by atoms with Crippen LogP contribution < -0.4 is 4.74 Å². The Kier molecular flexibility index (Phi) is 4.16. The van der Waals surface area contributed by atoms with Crippen LogP contribution in [0.25, 0.3) is 6.08 Å². The number of thioether (sulfide) groups is 1. The minimum atomic E-state index is -0.322. The summed E-state index contributed by atoms with van der Waals surface area (Å²) in [7, 11) is 1.46. The average Bonchev–Trinajstić information content (AvgIpc) is 2.79. The van der Waals surface area contributed by atoms with E-state index in [1.54, 1.807) is 42.5 Å². The van der Waals surface area contributed by atoms with Gasteiger partial charge < -0.3 is 4.74 Å². The molecule has 0 aromatic heterocycles. The lowest BCUT2D eigenvalue weighted by Crippen LogP contribution is -2.22. The molecule has 0 saturated carbocycles. The molecule has 1 fully saturated rings. The minimum absolute atomic E-state index is 0.280. The summed E-state index contributed by atoms with van der Waals surface area (Å²) in [5.41, 5.74) is 0.787. The fourth-order valence-corrected chi connectivity index (χ4v) is 2.79. The van der Waals surface area contributed by atoms with E-state index in [0.717, 1.165) is 22.2 Å². The van der Waals surface area contributed by atoms with Crippen LogP contribution >= 0.6 is 11.8 Å². The maximum absolute atomic E-state index is 12.8. The zero-order valence-electron chi connectivity index (χ0n) is 12.2. The zero-order valence-corrected chi connectivity index (χ0v) is 13.0. The third-order valence-corrected chi connectivity index (χ3v) is 4.17. The van der Waals surface area contributed by atoms with Gasteiger partial charge in [0.1, 0.15) is 17.3 Å². The number of benzene rings is 2. The molecular formula is C17H12FNO3S. The molecule has 2 aromatic rings. The number of hydrogen-bond donors (Lipinski definition) is 0. The fraction of sp³-hybridized carbons (Fsp3) is 0.0588. The molecule has 1 aliphatic rings. The van der Waals surface area contributed by atoms with E-state index in [4.69, 9.17) is 4.74 Å². The van der Waals surface area contributed by atoms with Crippen LogP contribution in [0.2, 0.25) is 0 Å². The number of hydrogen-bond acceptors (Lipinski definition) is 4. The van der Waals surface area contributed by atoms with Crippen LogP contribution in [-0.4, -0.2) is 23.1 Å². The van der Waals surface area contributed by atoms with Gasteiger partial charge in [-0.25, -0.2) is 4.39 Å². The monoisotopic (exact) mass is 329 g/mol. The highest BCUT2D eigenvalue weighted by atomic mass is 32.2. The second kappa shape index (κ2) is 6.26. The molecule has 1 aliphatic heterocycles. The number of carbonyl (C=O) groups excluding carboxylic acids is 2. The molecule has 116 valence electrons. The highest BCUT2D eigenvalue weighted by molar-refractivity contribution is 8.18. The Labute approximate surface area is 136 Å². The maximum Gasteiger partial charge on any atom is 0.293 e. The molecule has 0 radical (unpaired) electrons. The molecule has 0 atom stereocenters. The van der Waals surface area contributed by atoms with Crippen molar-refractivity contribution in [1.82, 2.24) is 4.90 Å². The second-order valence-corrected chi connectivity index (χ2v) is 5.86. The standard InChI is InChI=1S/C17H12FNO3S/c1-19-16(20)15(23-17(19)21)10-11-2-6-13(7-3-11)22-14-8-4-12(18)5-9-14/h2-10H,1H3/b15-10-. The predicted octanol–water partition coefficient (Wildman–Crippen LogP) is 4.28. The quantitative estimate of drug-likeness (QED) is 0.788. The topological polar surface area (TPSA) is 46.6 Å². The molecule has 0 bridgehead atoms. The van der Waals surface area contributed by atoms with Gasteiger partial charge in [0.2, 0.25) is 0 Å². The summed E-state index contributed by atoms with van der Waals surface area (Å²) in [4.78, 5) is 24.7. The van der Waals surface area contributed by atoms with Crippen LogP contribution in [-0.2, 0) is 4.79 Å². The molecule has 23 heavy (non-hydrogen) atoms. The van der Waals surface area contributed by atoms with E-state index in [9.17, 15) is 14.0 Å². The van der Waals surface area contributed by atoms with E-state index in [1.165, 1.54) is 19.2 Å². The molecule has 0 spiro atoms. The average molecular weight is 329 g/mol. The molecule has 0 N–H and O–H groups in total. The third-order valence-electron chi connectivity index (χ3n) is 3.21. The van der Waals surface area contributed by atoms with Gasteiger partial charge in [-0.1, -0.05) is 12.1 Å². The number of ether oxygens (including phenoxy) is 1.